The summed E-state index contributed by atoms with van der Waals surface area (Å²) in [6, 6.07) is 5.48. The van der Waals surface area contributed by atoms with Crippen LogP contribution in [0.15, 0.2) is 18.2 Å². The van der Waals surface area contributed by atoms with Crippen molar-refractivity contribution in [2.75, 3.05) is 20.3 Å². The van der Waals surface area contributed by atoms with E-state index in [1.807, 2.05) is 12.1 Å². The van der Waals surface area contributed by atoms with Crippen molar-refractivity contribution in [2.45, 2.75) is 25.4 Å². The Balaban J connectivity index is 1.95. The molecule has 4 nitrogen and oxygen atoms in total. The smallest absolute Gasteiger partial charge is 0.213 e. The standard InChI is InChI=1S/C13H19NO3/c1-16-13-4-2-3-11(14-13)12(15)9-10-5-7-17-8-6-10/h2-4,10,12,15H,5-9H2,1H3. The van der Waals surface area contributed by atoms with Crippen molar-refractivity contribution in [1.82, 2.24) is 4.98 Å². The highest BCUT2D eigenvalue weighted by Crippen LogP contribution is 2.27. The minimum Gasteiger partial charge on any atom is -0.481 e. The fraction of sp³-hybridized carbons (Fsp3) is 0.615. The molecule has 1 aliphatic rings. The van der Waals surface area contributed by atoms with Crippen molar-refractivity contribution in [3.8, 4) is 5.88 Å². The van der Waals surface area contributed by atoms with Crippen LogP contribution < -0.4 is 4.74 Å². The number of hydrogen-bond acceptors (Lipinski definition) is 4. The summed E-state index contributed by atoms with van der Waals surface area (Å²) in [4.78, 5) is 4.25. The normalized spacial score (nSPS) is 18.9. The van der Waals surface area contributed by atoms with Gasteiger partial charge >= 0.3 is 0 Å². The third-order valence-electron chi connectivity index (χ3n) is 3.19. The van der Waals surface area contributed by atoms with Gasteiger partial charge in [0.15, 0.2) is 0 Å². The van der Waals surface area contributed by atoms with Gasteiger partial charge in [-0.1, -0.05) is 6.07 Å². The highest BCUT2D eigenvalue weighted by molar-refractivity contribution is 5.17. The molecule has 4 heteroatoms. The second-order valence-electron chi connectivity index (χ2n) is 4.41. The molecule has 1 aliphatic heterocycles. The zero-order valence-corrected chi connectivity index (χ0v) is 10.1. The van der Waals surface area contributed by atoms with Crippen LogP contribution in [0.1, 0.15) is 31.1 Å². The van der Waals surface area contributed by atoms with Gasteiger partial charge in [-0.05, 0) is 31.2 Å². The van der Waals surface area contributed by atoms with E-state index in [9.17, 15) is 5.11 Å². The number of aliphatic hydroxyl groups is 1. The van der Waals surface area contributed by atoms with Gasteiger partial charge < -0.3 is 14.6 Å². The second kappa shape index (κ2) is 5.98. The molecule has 17 heavy (non-hydrogen) atoms. The fourth-order valence-corrected chi connectivity index (χ4v) is 2.15. The molecule has 1 atom stereocenters. The molecular weight excluding hydrogens is 218 g/mol. The summed E-state index contributed by atoms with van der Waals surface area (Å²) in [5, 5.41) is 10.1. The van der Waals surface area contributed by atoms with Crippen LogP contribution in [0.3, 0.4) is 0 Å². The number of methoxy groups -OCH3 is 1. The summed E-state index contributed by atoms with van der Waals surface area (Å²) in [6.45, 7) is 1.62. The summed E-state index contributed by atoms with van der Waals surface area (Å²) in [6.07, 6.45) is 2.30. The third kappa shape index (κ3) is 3.41. The molecular formula is C13H19NO3. The van der Waals surface area contributed by atoms with Crippen LogP contribution in [-0.4, -0.2) is 30.4 Å². The van der Waals surface area contributed by atoms with E-state index in [0.717, 1.165) is 32.5 Å². The van der Waals surface area contributed by atoms with Crippen molar-refractivity contribution < 1.29 is 14.6 Å². The third-order valence-corrected chi connectivity index (χ3v) is 3.19. The zero-order chi connectivity index (χ0) is 12.1. The van der Waals surface area contributed by atoms with Crippen LogP contribution in [0, 0.1) is 5.92 Å². The van der Waals surface area contributed by atoms with E-state index in [4.69, 9.17) is 9.47 Å². The van der Waals surface area contributed by atoms with Gasteiger partial charge in [-0.25, -0.2) is 4.98 Å². The lowest BCUT2D eigenvalue weighted by atomic mass is 9.92. The van der Waals surface area contributed by atoms with Crippen molar-refractivity contribution in [1.29, 1.82) is 0 Å². The molecule has 1 aromatic rings. The Morgan fingerprint density at radius 1 is 1.47 bits per heavy atom. The van der Waals surface area contributed by atoms with Gasteiger partial charge in [0.05, 0.1) is 18.9 Å². The quantitative estimate of drug-likeness (QED) is 0.869. The van der Waals surface area contributed by atoms with E-state index in [1.165, 1.54) is 0 Å². The van der Waals surface area contributed by atoms with Crippen molar-refractivity contribution >= 4 is 0 Å². The first-order valence-electron chi connectivity index (χ1n) is 6.06. The van der Waals surface area contributed by atoms with E-state index in [1.54, 1.807) is 13.2 Å². The molecule has 1 fully saturated rings. The largest absolute Gasteiger partial charge is 0.481 e. The Morgan fingerprint density at radius 3 is 2.94 bits per heavy atom. The molecule has 0 saturated carbocycles. The number of nitrogens with zero attached hydrogens (tertiary/aromatic N) is 1. The van der Waals surface area contributed by atoms with Crippen LogP contribution in [0.25, 0.3) is 0 Å². The van der Waals surface area contributed by atoms with Gasteiger partial charge in [0.25, 0.3) is 0 Å². The van der Waals surface area contributed by atoms with Crippen LogP contribution in [0.4, 0.5) is 0 Å². The molecule has 1 saturated heterocycles. The second-order valence-corrected chi connectivity index (χ2v) is 4.41. The molecule has 2 rings (SSSR count). The number of rotatable bonds is 4. The number of aromatic nitrogens is 1. The van der Waals surface area contributed by atoms with E-state index in [-0.39, 0.29) is 0 Å². The summed E-state index contributed by atoms with van der Waals surface area (Å²) >= 11 is 0. The average molecular weight is 237 g/mol. The maximum Gasteiger partial charge on any atom is 0.213 e. The van der Waals surface area contributed by atoms with Gasteiger partial charge in [-0.15, -0.1) is 0 Å². The minimum atomic E-state index is -0.506. The van der Waals surface area contributed by atoms with E-state index in [2.05, 4.69) is 4.98 Å². The zero-order valence-electron chi connectivity index (χ0n) is 10.1. The molecule has 1 aromatic heterocycles. The van der Waals surface area contributed by atoms with Gasteiger partial charge in [0.2, 0.25) is 5.88 Å². The predicted octanol–water partition coefficient (Wildman–Crippen LogP) is 1.94. The van der Waals surface area contributed by atoms with Crippen molar-refractivity contribution in [3.63, 3.8) is 0 Å². The Morgan fingerprint density at radius 2 is 2.24 bits per heavy atom. The van der Waals surface area contributed by atoms with Gasteiger partial charge in [0.1, 0.15) is 0 Å². The number of ether oxygens (including phenoxy) is 2. The Kier molecular flexibility index (Phi) is 4.34. The Hall–Kier alpha value is -1.13. The molecule has 2 heterocycles. The van der Waals surface area contributed by atoms with E-state index in [0.29, 0.717) is 17.5 Å². The molecule has 0 bridgehead atoms. The minimum absolute atomic E-state index is 0.506. The van der Waals surface area contributed by atoms with Crippen LogP contribution in [0.5, 0.6) is 5.88 Å². The predicted molar refractivity (Wildman–Crippen MR) is 63.9 cm³/mol. The highest BCUT2D eigenvalue weighted by atomic mass is 16.5. The van der Waals surface area contributed by atoms with Crippen LogP contribution >= 0.6 is 0 Å². The lowest BCUT2D eigenvalue weighted by Crippen LogP contribution is -2.18. The summed E-state index contributed by atoms with van der Waals surface area (Å²) in [5.74, 6) is 1.08. The molecule has 1 unspecified atom stereocenters. The SMILES string of the molecule is COc1cccc(C(O)CC2CCOCC2)n1. The van der Waals surface area contributed by atoms with Crippen LogP contribution in [0.2, 0.25) is 0 Å². The number of aliphatic hydroxyl groups excluding tert-OH is 1. The first-order valence-corrected chi connectivity index (χ1v) is 6.06. The maximum absolute atomic E-state index is 10.1. The Labute approximate surface area is 102 Å². The molecule has 0 aromatic carbocycles. The topological polar surface area (TPSA) is 51.6 Å². The van der Waals surface area contributed by atoms with Gasteiger partial charge in [-0.3, -0.25) is 0 Å². The van der Waals surface area contributed by atoms with Gasteiger partial charge in [-0.2, -0.15) is 0 Å². The average Bonchev–Trinajstić information content (AvgIpc) is 2.40. The van der Waals surface area contributed by atoms with E-state index < -0.39 is 6.10 Å². The highest BCUT2D eigenvalue weighted by Gasteiger charge is 2.19. The molecule has 1 N–H and O–H groups in total. The molecule has 0 radical (unpaired) electrons. The Bertz CT molecular complexity index is 350. The first kappa shape index (κ1) is 12.3. The molecule has 0 aliphatic carbocycles. The van der Waals surface area contributed by atoms with Crippen molar-refractivity contribution in [2.24, 2.45) is 5.92 Å². The number of hydrogen-bond donors (Lipinski definition) is 1. The monoisotopic (exact) mass is 237 g/mol. The summed E-state index contributed by atoms with van der Waals surface area (Å²) in [7, 11) is 1.58. The van der Waals surface area contributed by atoms with Crippen molar-refractivity contribution in [3.05, 3.63) is 23.9 Å². The van der Waals surface area contributed by atoms with E-state index >= 15 is 0 Å². The van der Waals surface area contributed by atoms with Gasteiger partial charge in [0, 0.05) is 19.3 Å². The molecule has 0 spiro atoms. The molecule has 94 valence electrons. The molecule has 0 amide bonds. The summed E-state index contributed by atoms with van der Waals surface area (Å²) in [5.41, 5.74) is 0.691. The fourth-order valence-electron chi connectivity index (χ4n) is 2.15. The summed E-state index contributed by atoms with van der Waals surface area (Å²) < 4.78 is 10.4. The number of pyridine rings is 1. The lowest BCUT2D eigenvalue weighted by Gasteiger charge is -2.24. The maximum atomic E-state index is 10.1. The van der Waals surface area contributed by atoms with Crippen LogP contribution in [-0.2, 0) is 4.74 Å². The lowest BCUT2D eigenvalue weighted by molar-refractivity contribution is 0.0426. The first-order chi connectivity index (χ1) is 8.29.